The van der Waals surface area contributed by atoms with Crippen LogP contribution in [0.4, 0.5) is 0 Å². The van der Waals surface area contributed by atoms with Crippen molar-refractivity contribution in [3.05, 3.63) is 34.7 Å². The summed E-state index contributed by atoms with van der Waals surface area (Å²) in [7, 11) is 0. The average molecular weight is 317 g/mol. The minimum Gasteiger partial charge on any atom is -0.481 e. The number of carboxylic acids is 1. The van der Waals surface area contributed by atoms with E-state index < -0.39 is 5.97 Å². The molecule has 1 N–H and O–H groups in total. The van der Waals surface area contributed by atoms with Crippen molar-refractivity contribution in [1.82, 2.24) is 4.90 Å². The molecule has 0 radical (unpaired) electrons. The molecule has 2 heterocycles. The number of carbonyl (C=O) groups excluding carboxylic acids is 1. The molecule has 3 rings (SSSR count). The first-order chi connectivity index (χ1) is 10.5. The molecule has 116 valence electrons. The summed E-state index contributed by atoms with van der Waals surface area (Å²) in [5.74, 6) is -0.476. The Bertz CT molecular complexity index is 714. The summed E-state index contributed by atoms with van der Waals surface area (Å²) >= 11 is 1.60. The first-order valence-electron chi connectivity index (χ1n) is 7.53. The lowest BCUT2D eigenvalue weighted by Crippen LogP contribution is -2.38. The minimum atomic E-state index is -0.746. The van der Waals surface area contributed by atoms with Gasteiger partial charge in [-0.15, -0.1) is 11.3 Å². The smallest absolute Gasteiger partial charge is 0.303 e. The predicted octanol–water partition coefficient (Wildman–Crippen LogP) is 3.54. The van der Waals surface area contributed by atoms with Crippen LogP contribution in [0.15, 0.2) is 23.6 Å². The number of piperidine rings is 1. The largest absolute Gasteiger partial charge is 0.481 e. The van der Waals surface area contributed by atoms with E-state index in [9.17, 15) is 9.59 Å². The summed E-state index contributed by atoms with van der Waals surface area (Å²) in [5, 5.41) is 11.8. The summed E-state index contributed by atoms with van der Waals surface area (Å²) in [6.45, 7) is 3.36. The fraction of sp³-hybridized carbons (Fsp3) is 0.412. The number of rotatable bonds is 3. The lowest BCUT2D eigenvalue weighted by atomic mass is 9.93. The maximum Gasteiger partial charge on any atom is 0.303 e. The second-order valence-corrected chi connectivity index (χ2v) is 6.89. The van der Waals surface area contributed by atoms with E-state index in [4.69, 9.17) is 5.11 Å². The molecular formula is C17H19NO3S. The van der Waals surface area contributed by atoms with Gasteiger partial charge in [0.25, 0.3) is 5.91 Å². The van der Waals surface area contributed by atoms with Crippen LogP contribution in [0.2, 0.25) is 0 Å². The molecule has 0 aliphatic carbocycles. The predicted molar refractivity (Wildman–Crippen MR) is 87.4 cm³/mol. The number of carboxylic acid groups (broad SMARTS) is 1. The highest BCUT2D eigenvalue weighted by Crippen LogP contribution is 2.29. The topological polar surface area (TPSA) is 57.6 Å². The first kappa shape index (κ1) is 15.0. The summed E-state index contributed by atoms with van der Waals surface area (Å²) in [5.41, 5.74) is 1.97. The summed E-state index contributed by atoms with van der Waals surface area (Å²) in [6, 6.07) is 6.16. The highest BCUT2D eigenvalue weighted by molar-refractivity contribution is 7.17. The zero-order valence-corrected chi connectivity index (χ0v) is 13.4. The SMILES string of the molecule is Cc1ccc2c(C(=O)N3CCC(CC(=O)O)CC3)csc2c1. The minimum absolute atomic E-state index is 0.0730. The van der Waals surface area contributed by atoms with Crippen LogP contribution < -0.4 is 0 Å². The van der Waals surface area contributed by atoms with E-state index in [1.54, 1.807) is 11.3 Å². The van der Waals surface area contributed by atoms with E-state index in [0.29, 0.717) is 13.1 Å². The van der Waals surface area contributed by atoms with Gasteiger partial charge in [0.15, 0.2) is 0 Å². The van der Waals surface area contributed by atoms with E-state index >= 15 is 0 Å². The summed E-state index contributed by atoms with van der Waals surface area (Å²) < 4.78 is 1.14. The fourth-order valence-electron chi connectivity index (χ4n) is 3.06. The van der Waals surface area contributed by atoms with Gasteiger partial charge >= 0.3 is 5.97 Å². The number of nitrogens with zero attached hydrogens (tertiary/aromatic N) is 1. The Labute approximate surface area is 133 Å². The molecular weight excluding hydrogens is 298 g/mol. The molecule has 0 bridgehead atoms. The lowest BCUT2D eigenvalue weighted by molar-refractivity contribution is -0.138. The highest BCUT2D eigenvalue weighted by atomic mass is 32.1. The van der Waals surface area contributed by atoms with Crippen molar-refractivity contribution in [3.8, 4) is 0 Å². The number of amides is 1. The molecule has 1 aliphatic rings. The Kier molecular flexibility index (Phi) is 4.16. The molecule has 1 amide bonds. The van der Waals surface area contributed by atoms with Crippen LogP contribution in [-0.2, 0) is 4.79 Å². The molecule has 0 saturated carbocycles. The van der Waals surface area contributed by atoms with Crippen LogP contribution in [-0.4, -0.2) is 35.0 Å². The molecule has 0 atom stereocenters. The van der Waals surface area contributed by atoms with Gasteiger partial charge in [0.1, 0.15) is 0 Å². The van der Waals surface area contributed by atoms with E-state index in [-0.39, 0.29) is 18.2 Å². The highest BCUT2D eigenvalue weighted by Gasteiger charge is 2.26. The third-order valence-electron chi connectivity index (χ3n) is 4.33. The molecule has 1 saturated heterocycles. The van der Waals surface area contributed by atoms with Crippen molar-refractivity contribution < 1.29 is 14.7 Å². The lowest BCUT2D eigenvalue weighted by Gasteiger charge is -2.31. The van der Waals surface area contributed by atoms with Crippen LogP contribution in [0.3, 0.4) is 0 Å². The fourth-order valence-corrected chi connectivity index (χ4v) is 4.09. The number of aliphatic carboxylic acids is 1. The molecule has 1 aromatic heterocycles. The van der Waals surface area contributed by atoms with Crippen LogP contribution in [0.1, 0.15) is 35.2 Å². The molecule has 1 aromatic carbocycles. The number of carbonyl (C=O) groups is 2. The third-order valence-corrected chi connectivity index (χ3v) is 5.27. The van der Waals surface area contributed by atoms with Gasteiger partial charge in [-0.1, -0.05) is 12.1 Å². The normalized spacial score (nSPS) is 16.1. The van der Waals surface area contributed by atoms with Gasteiger partial charge in [0.2, 0.25) is 0 Å². The quantitative estimate of drug-likeness (QED) is 0.942. The summed E-state index contributed by atoms with van der Waals surface area (Å²) in [6.07, 6.45) is 1.77. The van der Waals surface area contributed by atoms with Crippen molar-refractivity contribution >= 4 is 33.3 Å². The first-order valence-corrected chi connectivity index (χ1v) is 8.41. The second kappa shape index (κ2) is 6.08. The maximum atomic E-state index is 12.7. The Morgan fingerprint density at radius 3 is 2.73 bits per heavy atom. The Morgan fingerprint density at radius 1 is 1.32 bits per heavy atom. The Morgan fingerprint density at radius 2 is 2.05 bits per heavy atom. The number of hydrogen-bond acceptors (Lipinski definition) is 3. The third kappa shape index (κ3) is 2.99. The van der Waals surface area contributed by atoms with Crippen molar-refractivity contribution in [2.75, 3.05) is 13.1 Å². The number of fused-ring (bicyclic) bond motifs is 1. The van der Waals surface area contributed by atoms with Crippen molar-refractivity contribution in [2.24, 2.45) is 5.92 Å². The van der Waals surface area contributed by atoms with E-state index in [0.717, 1.165) is 28.5 Å². The maximum absolute atomic E-state index is 12.7. The van der Waals surface area contributed by atoms with Crippen molar-refractivity contribution in [1.29, 1.82) is 0 Å². The van der Waals surface area contributed by atoms with Gasteiger partial charge < -0.3 is 10.0 Å². The standard InChI is InChI=1S/C17H19NO3S/c1-11-2-3-13-14(10-22-15(13)8-11)17(21)18-6-4-12(5-7-18)9-16(19)20/h2-3,8,10,12H,4-7,9H2,1H3,(H,19,20). The van der Waals surface area contributed by atoms with Crippen molar-refractivity contribution in [2.45, 2.75) is 26.2 Å². The van der Waals surface area contributed by atoms with E-state index in [2.05, 4.69) is 6.07 Å². The molecule has 4 nitrogen and oxygen atoms in total. The number of aryl methyl sites for hydroxylation is 1. The van der Waals surface area contributed by atoms with Gasteiger partial charge in [-0.05, 0) is 37.3 Å². The molecule has 22 heavy (non-hydrogen) atoms. The number of benzene rings is 1. The van der Waals surface area contributed by atoms with E-state index in [1.165, 1.54) is 5.56 Å². The molecule has 5 heteroatoms. The second-order valence-electron chi connectivity index (χ2n) is 5.98. The molecule has 2 aromatic rings. The van der Waals surface area contributed by atoms with Crippen molar-refractivity contribution in [3.63, 3.8) is 0 Å². The van der Waals surface area contributed by atoms with Crippen LogP contribution in [0.25, 0.3) is 10.1 Å². The molecule has 0 unspecified atom stereocenters. The monoisotopic (exact) mass is 317 g/mol. The van der Waals surface area contributed by atoms with Crippen LogP contribution in [0.5, 0.6) is 0 Å². The number of likely N-dealkylation sites (tertiary alicyclic amines) is 1. The molecule has 1 aliphatic heterocycles. The molecule has 1 fully saturated rings. The number of thiophene rings is 1. The van der Waals surface area contributed by atoms with Crippen LogP contribution >= 0.6 is 11.3 Å². The van der Waals surface area contributed by atoms with Gasteiger partial charge in [-0.3, -0.25) is 9.59 Å². The van der Waals surface area contributed by atoms with Gasteiger partial charge in [0, 0.05) is 35.0 Å². The van der Waals surface area contributed by atoms with Gasteiger partial charge in [0.05, 0.1) is 5.56 Å². The average Bonchev–Trinajstić information content (AvgIpc) is 2.89. The van der Waals surface area contributed by atoms with Gasteiger partial charge in [-0.25, -0.2) is 0 Å². The zero-order chi connectivity index (χ0) is 15.7. The Balaban J connectivity index is 1.73. The van der Waals surface area contributed by atoms with Gasteiger partial charge in [-0.2, -0.15) is 0 Å². The Hall–Kier alpha value is -1.88. The summed E-state index contributed by atoms with van der Waals surface area (Å²) in [4.78, 5) is 25.3. The van der Waals surface area contributed by atoms with Crippen LogP contribution in [0, 0.1) is 12.8 Å². The molecule has 0 spiro atoms. The van der Waals surface area contributed by atoms with E-state index in [1.807, 2.05) is 29.3 Å². The zero-order valence-electron chi connectivity index (χ0n) is 12.5. The number of hydrogen-bond donors (Lipinski definition) is 1.